The van der Waals surface area contributed by atoms with Crippen molar-refractivity contribution in [1.82, 2.24) is 15.0 Å². The Kier molecular flexibility index (Phi) is 5.00. The minimum atomic E-state index is -4.22. The Bertz CT molecular complexity index is 396. The molecule has 0 amide bonds. The highest BCUT2D eigenvalue weighted by Gasteiger charge is 2.27. The van der Waals surface area contributed by atoms with Gasteiger partial charge in [-0.3, -0.25) is 0 Å². The summed E-state index contributed by atoms with van der Waals surface area (Å²) in [5.41, 5.74) is 1.26. The number of aromatic nitrogens is 3. The average molecular weight is 281 g/mol. The fourth-order valence-electron chi connectivity index (χ4n) is 1.08. The molecule has 9 heteroatoms. The van der Waals surface area contributed by atoms with Gasteiger partial charge in [0.05, 0.1) is 0 Å². The van der Waals surface area contributed by atoms with Gasteiger partial charge in [-0.15, -0.1) is 0 Å². The van der Waals surface area contributed by atoms with Crippen LogP contribution in [0.25, 0.3) is 0 Å². The molecule has 1 aromatic rings. The van der Waals surface area contributed by atoms with Gasteiger partial charge in [-0.1, -0.05) is 13.8 Å². The van der Waals surface area contributed by atoms with Gasteiger partial charge in [0.15, 0.2) is 0 Å². The highest BCUT2D eigenvalue weighted by Crippen LogP contribution is 2.29. The summed E-state index contributed by atoms with van der Waals surface area (Å²) >= 11 is -0.0974. The fraction of sp³-hybridized carbons (Fsp3) is 0.667. The number of rotatable bonds is 5. The molecule has 0 aromatic carbocycles. The van der Waals surface area contributed by atoms with Crippen molar-refractivity contribution in [2.45, 2.75) is 25.3 Å². The van der Waals surface area contributed by atoms with Crippen LogP contribution in [0.15, 0.2) is 0 Å². The number of nitrogens with zero attached hydrogens (tertiary/aromatic N) is 3. The van der Waals surface area contributed by atoms with E-state index in [1.807, 2.05) is 13.8 Å². The van der Waals surface area contributed by atoms with Gasteiger partial charge in [-0.05, 0) is 11.8 Å². The molecule has 0 bridgehead atoms. The van der Waals surface area contributed by atoms with E-state index in [1.165, 1.54) is 0 Å². The van der Waals surface area contributed by atoms with E-state index in [4.69, 9.17) is 5.73 Å². The first-order valence-corrected chi connectivity index (χ1v) is 6.22. The van der Waals surface area contributed by atoms with Crippen LogP contribution in [-0.2, 0) is 0 Å². The summed E-state index contributed by atoms with van der Waals surface area (Å²) in [7, 11) is 0. The van der Waals surface area contributed by atoms with Crippen LogP contribution in [0.1, 0.15) is 25.6 Å². The van der Waals surface area contributed by atoms with Gasteiger partial charge in [-0.2, -0.15) is 28.1 Å². The smallest absolute Gasteiger partial charge is 0.368 e. The van der Waals surface area contributed by atoms with E-state index in [2.05, 4.69) is 20.3 Å². The van der Waals surface area contributed by atoms with Crippen LogP contribution in [-0.4, -0.2) is 32.8 Å². The summed E-state index contributed by atoms with van der Waals surface area (Å²) in [4.78, 5) is 11.8. The van der Waals surface area contributed by atoms with E-state index in [9.17, 15) is 13.2 Å². The van der Waals surface area contributed by atoms with Crippen molar-refractivity contribution < 1.29 is 13.2 Å². The number of halogens is 3. The second kappa shape index (κ2) is 6.07. The Morgan fingerprint density at radius 3 is 2.50 bits per heavy atom. The highest BCUT2D eigenvalue weighted by atomic mass is 32.2. The molecular weight excluding hydrogens is 267 g/mol. The third-order valence-corrected chi connectivity index (χ3v) is 2.57. The van der Waals surface area contributed by atoms with Crippen LogP contribution in [0, 0.1) is 0 Å². The predicted octanol–water partition coefficient (Wildman–Crippen LogP) is 2.24. The maximum atomic E-state index is 11.9. The Hall–Kier alpha value is -1.25. The molecule has 1 rings (SSSR count). The molecule has 0 fully saturated rings. The van der Waals surface area contributed by atoms with Crippen LogP contribution in [0.2, 0.25) is 0 Å². The number of nitrogens with one attached hydrogen (secondary N) is 1. The lowest BCUT2D eigenvalue weighted by Crippen LogP contribution is -2.14. The third-order valence-electron chi connectivity index (χ3n) is 1.84. The predicted molar refractivity (Wildman–Crippen MR) is 65.3 cm³/mol. The molecule has 0 saturated carbocycles. The molecule has 1 heterocycles. The van der Waals surface area contributed by atoms with Crippen LogP contribution in [0.4, 0.5) is 25.1 Å². The van der Waals surface area contributed by atoms with Gasteiger partial charge in [0.2, 0.25) is 11.9 Å². The minimum Gasteiger partial charge on any atom is -0.368 e. The zero-order valence-electron chi connectivity index (χ0n) is 9.95. The monoisotopic (exact) mass is 281 g/mol. The fourth-order valence-corrected chi connectivity index (χ4v) is 1.51. The van der Waals surface area contributed by atoms with E-state index < -0.39 is 5.51 Å². The average Bonchev–Trinajstić information content (AvgIpc) is 2.22. The summed E-state index contributed by atoms with van der Waals surface area (Å²) < 4.78 is 35.7. The number of nitrogen functional groups attached to an aromatic ring is 1. The van der Waals surface area contributed by atoms with Gasteiger partial charge < -0.3 is 11.1 Å². The lowest BCUT2D eigenvalue weighted by molar-refractivity contribution is -0.0327. The molecule has 5 nitrogen and oxygen atoms in total. The molecule has 0 unspecified atom stereocenters. The molecule has 102 valence electrons. The van der Waals surface area contributed by atoms with Crippen molar-refractivity contribution in [1.29, 1.82) is 0 Å². The summed E-state index contributed by atoms with van der Waals surface area (Å²) in [5.74, 6) is 0.717. The number of thioether (sulfide) groups is 1. The van der Waals surface area contributed by atoms with Gasteiger partial charge in [-0.25, -0.2) is 0 Å². The molecule has 0 spiro atoms. The first-order chi connectivity index (χ1) is 8.28. The van der Waals surface area contributed by atoms with Crippen LogP contribution < -0.4 is 11.1 Å². The molecule has 0 radical (unpaired) electrons. The second-order valence-electron chi connectivity index (χ2n) is 3.75. The molecule has 3 N–H and O–H groups in total. The first kappa shape index (κ1) is 14.8. The summed E-state index contributed by atoms with van der Waals surface area (Å²) in [6, 6.07) is 0. The van der Waals surface area contributed by atoms with Crippen molar-refractivity contribution in [3.63, 3.8) is 0 Å². The normalized spacial score (nSPS) is 11.9. The van der Waals surface area contributed by atoms with Crippen molar-refractivity contribution in [2.24, 2.45) is 0 Å². The molecule has 0 aliphatic heterocycles. The quantitative estimate of drug-likeness (QED) is 0.806. The molecule has 0 aliphatic rings. The van der Waals surface area contributed by atoms with E-state index in [0.29, 0.717) is 5.82 Å². The van der Waals surface area contributed by atoms with Crippen LogP contribution in [0.3, 0.4) is 0 Å². The van der Waals surface area contributed by atoms with E-state index in [0.717, 1.165) is 0 Å². The molecular formula is C9H14F3N5S. The van der Waals surface area contributed by atoms with Crippen LogP contribution in [0.5, 0.6) is 0 Å². The second-order valence-corrected chi connectivity index (χ2v) is 4.91. The van der Waals surface area contributed by atoms with Crippen molar-refractivity contribution in [2.75, 3.05) is 23.3 Å². The number of nitrogens with two attached hydrogens (primary N) is 1. The molecule has 0 atom stereocenters. The number of anilines is 2. The number of hydrogen-bond donors (Lipinski definition) is 2. The van der Waals surface area contributed by atoms with E-state index in [1.54, 1.807) is 0 Å². The SMILES string of the molecule is CC(C)c1nc(N)nc(NCCSC(F)(F)F)n1. The Morgan fingerprint density at radius 1 is 1.28 bits per heavy atom. The highest BCUT2D eigenvalue weighted by molar-refractivity contribution is 8.00. The lowest BCUT2D eigenvalue weighted by Gasteiger charge is -2.09. The zero-order valence-corrected chi connectivity index (χ0v) is 10.8. The molecule has 0 saturated heterocycles. The third kappa shape index (κ3) is 5.39. The van der Waals surface area contributed by atoms with E-state index >= 15 is 0 Å². The summed E-state index contributed by atoms with van der Waals surface area (Å²) in [5, 5.41) is 2.69. The Labute approximate surface area is 107 Å². The largest absolute Gasteiger partial charge is 0.441 e. The summed E-state index contributed by atoms with van der Waals surface area (Å²) in [6.07, 6.45) is 0. The van der Waals surface area contributed by atoms with Crippen molar-refractivity contribution in [3.05, 3.63) is 5.82 Å². The maximum Gasteiger partial charge on any atom is 0.441 e. The summed E-state index contributed by atoms with van der Waals surface area (Å²) in [6.45, 7) is 3.88. The van der Waals surface area contributed by atoms with Gasteiger partial charge in [0, 0.05) is 18.2 Å². The first-order valence-electron chi connectivity index (χ1n) is 5.24. The van der Waals surface area contributed by atoms with Crippen molar-refractivity contribution in [3.8, 4) is 0 Å². The Balaban J connectivity index is 2.52. The van der Waals surface area contributed by atoms with Crippen molar-refractivity contribution >= 4 is 23.7 Å². The standard InChI is InChI=1S/C9H14F3N5S/c1-5(2)6-15-7(13)17-8(16-6)14-3-4-18-9(10,11)12/h5H,3-4H2,1-2H3,(H3,13,14,15,16,17). The molecule has 1 aromatic heterocycles. The van der Waals surface area contributed by atoms with Gasteiger partial charge in [0.25, 0.3) is 0 Å². The minimum absolute atomic E-state index is 0.0553. The van der Waals surface area contributed by atoms with Gasteiger partial charge in [0.1, 0.15) is 5.82 Å². The zero-order chi connectivity index (χ0) is 13.8. The van der Waals surface area contributed by atoms with Gasteiger partial charge >= 0.3 is 5.51 Å². The molecule has 0 aliphatic carbocycles. The number of hydrogen-bond acceptors (Lipinski definition) is 6. The van der Waals surface area contributed by atoms with E-state index in [-0.39, 0.29) is 41.9 Å². The lowest BCUT2D eigenvalue weighted by atomic mass is 10.2. The Morgan fingerprint density at radius 2 is 1.94 bits per heavy atom. The number of alkyl halides is 3. The molecule has 18 heavy (non-hydrogen) atoms. The maximum absolute atomic E-state index is 11.9. The topological polar surface area (TPSA) is 76.7 Å². The van der Waals surface area contributed by atoms with Crippen LogP contribution >= 0.6 is 11.8 Å².